The van der Waals surface area contributed by atoms with E-state index >= 15 is 0 Å². The second-order valence-electron chi connectivity index (χ2n) is 4.95. The molecule has 2 rings (SSSR count). The predicted octanol–water partition coefficient (Wildman–Crippen LogP) is 1.72. The number of carbonyl (C=O) groups is 2. The number of rotatable bonds is 3. The van der Waals surface area contributed by atoms with Crippen molar-refractivity contribution in [3.63, 3.8) is 0 Å². The number of nitrogens with zero attached hydrogens (tertiary/aromatic N) is 1. The van der Waals surface area contributed by atoms with Gasteiger partial charge >= 0.3 is 5.97 Å². The summed E-state index contributed by atoms with van der Waals surface area (Å²) in [6.07, 6.45) is -1.65. The monoisotopic (exact) mass is 315 g/mol. The summed E-state index contributed by atoms with van der Waals surface area (Å²) in [5.74, 6) is -2.04. The van der Waals surface area contributed by atoms with E-state index in [2.05, 4.69) is 0 Å². The first-order valence-electron chi connectivity index (χ1n) is 6.47. The van der Waals surface area contributed by atoms with Crippen molar-refractivity contribution in [3.05, 3.63) is 34.6 Å². The molecule has 0 spiro atoms. The minimum absolute atomic E-state index is 0.0510. The molecule has 1 amide bonds. The van der Waals surface area contributed by atoms with Crippen LogP contribution in [0.1, 0.15) is 12.5 Å². The van der Waals surface area contributed by atoms with E-state index in [-0.39, 0.29) is 42.1 Å². The number of hydrogen-bond acceptors (Lipinski definition) is 3. The van der Waals surface area contributed by atoms with Crippen LogP contribution in [0.4, 0.5) is 4.39 Å². The van der Waals surface area contributed by atoms with Crippen molar-refractivity contribution in [1.29, 1.82) is 0 Å². The van der Waals surface area contributed by atoms with Crippen LogP contribution < -0.4 is 0 Å². The third-order valence-electron chi connectivity index (χ3n) is 3.28. The molecule has 1 saturated heterocycles. The molecular weight excluding hydrogens is 301 g/mol. The number of halogens is 2. The zero-order valence-electron chi connectivity index (χ0n) is 11.4. The summed E-state index contributed by atoms with van der Waals surface area (Å²) in [4.78, 5) is 24.6. The Morgan fingerprint density at radius 2 is 2.19 bits per heavy atom. The average Bonchev–Trinajstić information content (AvgIpc) is 2.42. The van der Waals surface area contributed by atoms with Crippen LogP contribution in [0.15, 0.2) is 18.2 Å². The van der Waals surface area contributed by atoms with E-state index in [1.54, 1.807) is 6.92 Å². The third kappa shape index (κ3) is 3.71. The van der Waals surface area contributed by atoms with Crippen LogP contribution in [0.2, 0.25) is 5.02 Å². The molecule has 0 radical (unpaired) electrons. The molecular formula is C14H15ClFNO4. The molecule has 1 aliphatic rings. The van der Waals surface area contributed by atoms with Gasteiger partial charge in [0.2, 0.25) is 5.91 Å². The van der Waals surface area contributed by atoms with Crippen LogP contribution >= 0.6 is 11.6 Å². The molecule has 1 aromatic rings. The number of carbonyl (C=O) groups excluding carboxylic acids is 1. The van der Waals surface area contributed by atoms with Gasteiger partial charge in [0.1, 0.15) is 5.82 Å². The van der Waals surface area contributed by atoms with Gasteiger partial charge < -0.3 is 14.7 Å². The first kappa shape index (κ1) is 15.7. The Bertz CT molecular complexity index is 546. The molecule has 1 heterocycles. The number of hydrogen-bond donors (Lipinski definition) is 1. The lowest BCUT2D eigenvalue weighted by molar-refractivity contribution is -0.166. The molecule has 2 atom stereocenters. The highest BCUT2D eigenvalue weighted by atomic mass is 35.5. The quantitative estimate of drug-likeness (QED) is 0.922. The Morgan fingerprint density at radius 3 is 2.81 bits per heavy atom. The average molecular weight is 316 g/mol. The summed E-state index contributed by atoms with van der Waals surface area (Å²) in [6.45, 7) is 1.91. The molecule has 0 aromatic heterocycles. The van der Waals surface area contributed by atoms with Gasteiger partial charge in [-0.3, -0.25) is 4.79 Å². The zero-order valence-corrected chi connectivity index (χ0v) is 12.1. The maximum absolute atomic E-state index is 13.7. The Labute approximate surface area is 126 Å². The molecule has 0 bridgehead atoms. The normalized spacial score (nSPS) is 22.1. The number of amides is 1. The van der Waals surface area contributed by atoms with Gasteiger partial charge in [-0.1, -0.05) is 17.7 Å². The Balaban J connectivity index is 2.11. The van der Waals surface area contributed by atoms with Crippen molar-refractivity contribution in [1.82, 2.24) is 4.90 Å². The van der Waals surface area contributed by atoms with Crippen LogP contribution in [0.3, 0.4) is 0 Å². The summed E-state index contributed by atoms with van der Waals surface area (Å²) in [5.41, 5.74) is 0.121. The van der Waals surface area contributed by atoms with Gasteiger partial charge in [0, 0.05) is 17.1 Å². The predicted molar refractivity (Wildman–Crippen MR) is 73.7 cm³/mol. The largest absolute Gasteiger partial charge is 0.479 e. The fourth-order valence-electron chi connectivity index (χ4n) is 2.26. The molecule has 1 aromatic carbocycles. The molecule has 5 nitrogen and oxygen atoms in total. The summed E-state index contributed by atoms with van der Waals surface area (Å²) in [6, 6.07) is 4.20. The van der Waals surface area contributed by atoms with Crippen molar-refractivity contribution in [2.75, 3.05) is 13.1 Å². The highest BCUT2D eigenvalue weighted by molar-refractivity contribution is 6.31. The fourth-order valence-corrected chi connectivity index (χ4v) is 2.49. The van der Waals surface area contributed by atoms with Crippen molar-refractivity contribution >= 4 is 23.5 Å². The van der Waals surface area contributed by atoms with Crippen molar-refractivity contribution in [2.24, 2.45) is 0 Å². The van der Waals surface area contributed by atoms with Crippen LogP contribution in [0.5, 0.6) is 0 Å². The summed E-state index contributed by atoms with van der Waals surface area (Å²) in [5, 5.41) is 9.17. The summed E-state index contributed by atoms with van der Waals surface area (Å²) >= 11 is 5.89. The third-order valence-corrected chi connectivity index (χ3v) is 3.63. The van der Waals surface area contributed by atoms with Crippen molar-refractivity contribution < 1.29 is 23.8 Å². The SMILES string of the molecule is C[C@@H]1CN(C(=O)Cc2c(F)cccc2Cl)CC(C(=O)O)O1. The first-order valence-corrected chi connectivity index (χ1v) is 6.85. The fraction of sp³-hybridized carbons (Fsp3) is 0.429. The van der Waals surface area contributed by atoms with Crippen molar-refractivity contribution in [3.8, 4) is 0 Å². The van der Waals surface area contributed by atoms with E-state index in [1.165, 1.54) is 23.1 Å². The summed E-state index contributed by atoms with van der Waals surface area (Å²) in [7, 11) is 0. The minimum Gasteiger partial charge on any atom is -0.479 e. The lowest BCUT2D eigenvalue weighted by Crippen LogP contribution is -2.52. The standard InChI is InChI=1S/C14H15ClFNO4/c1-8-6-17(7-12(21-8)14(19)20)13(18)5-9-10(15)3-2-4-11(9)16/h2-4,8,12H,5-7H2,1H3,(H,19,20)/t8-,12?/m1/s1. The highest BCUT2D eigenvalue weighted by Crippen LogP contribution is 2.21. The second-order valence-corrected chi connectivity index (χ2v) is 5.36. The van der Waals surface area contributed by atoms with Gasteiger partial charge in [-0.05, 0) is 19.1 Å². The van der Waals surface area contributed by atoms with E-state index < -0.39 is 17.9 Å². The topological polar surface area (TPSA) is 66.8 Å². The van der Waals surface area contributed by atoms with E-state index in [0.29, 0.717) is 0 Å². The smallest absolute Gasteiger partial charge is 0.334 e. The van der Waals surface area contributed by atoms with Gasteiger partial charge in [0.05, 0.1) is 19.1 Å². The Kier molecular flexibility index (Phi) is 4.80. The van der Waals surface area contributed by atoms with Gasteiger partial charge in [-0.15, -0.1) is 0 Å². The number of carboxylic acids is 1. The van der Waals surface area contributed by atoms with Crippen LogP contribution in [-0.4, -0.2) is 47.2 Å². The lowest BCUT2D eigenvalue weighted by Gasteiger charge is -2.35. The number of ether oxygens (including phenoxy) is 1. The molecule has 7 heteroatoms. The van der Waals surface area contributed by atoms with Crippen LogP contribution in [0, 0.1) is 5.82 Å². The van der Waals surface area contributed by atoms with Crippen molar-refractivity contribution in [2.45, 2.75) is 25.6 Å². The van der Waals surface area contributed by atoms with Gasteiger partial charge in [-0.2, -0.15) is 0 Å². The molecule has 114 valence electrons. The van der Waals surface area contributed by atoms with Gasteiger partial charge in [0.15, 0.2) is 6.10 Å². The van der Waals surface area contributed by atoms with Crippen LogP contribution in [-0.2, 0) is 20.7 Å². The van der Waals surface area contributed by atoms with E-state index in [4.69, 9.17) is 21.4 Å². The Hall–Kier alpha value is -1.66. The van der Waals surface area contributed by atoms with E-state index in [9.17, 15) is 14.0 Å². The number of morpholine rings is 1. The molecule has 1 aliphatic heterocycles. The maximum atomic E-state index is 13.7. The van der Waals surface area contributed by atoms with E-state index in [0.717, 1.165) is 0 Å². The van der Waals surface area contributed by atoms with Gasteiger partial charge in [-0.25, -0.2) is 9.18 Å². The Morgan fingerprint density at radius 1 is 1.48 bits per heavy atom. The minimum atomic E-state index is -1.12. The first-order chi connectivity index (χ1) is 9.88. The number of carboxylic acid groups (broad SMARTS) is 1. The molecule has 1 N–H and O–H groups in total. The molecule has 0 saturated carbocycles. The van der Waals surface area contributed by atoms with Gasteiger partial charge in [0.25, 0.3) is 0 Å². The maximum Gasteiger partial charge on any atom is 0.334 e. The lowest BCUT2D eigenvalue weighted by atomic mass is 10.1. The second kappa shape index (κ2) is 6.41. The molecule has 0 aliphatic carbocycles. The molecule has 1 fully saturated rings. The number of aliphatic carboxylic acids is 1. The zero-order chi connectivity index (χ0) is 15.6. The van der Waals surface area contributed by atoms with E-state index in [1.807, 2.05) is 0 Å². The number of benzene rings is 1. The van der Waals surface area contributed by atoms with Crippen LogP contribution in [0.25, 0.3) is 0 Å². The highest BCUT2D eigenvalue weighted by Gasteiger charge is 2.32. The molecule has 21 heavy (non-hydrogen) atoms. The summed E-state index contributed by atoms with van der Waals surface area (Å²) < 4.78 is 18.9. The molecule has 1 unspecified atom stereocenters.